The van der Waals surface area contributed by atoms with Gasteiger partial charge in [0, 0.05) is 6.20 Å². The van der Waals surface area contributed by atoms with Crippen molar-refractivity contribution in [3.05, 3.63) is 24.4 Å². The number of carbonyl (C=O) groups is 1. The molecule has 76 valence electrons. The fourth-order valence-corrected chi connectivity index (χ4v) is 0.950. The minimum atomic E-state index is -0.361. The van der Waals surface area contributed by atoms with Crippen molar-refractivity contribution in [3.63, 3.8) is 0 Å². The zero-order chi connectivity index (χ0) is 10.4. The van der Waals surface area contributed by atoms with E-state index < -0.39 is 0 Å². The van der Waals surface area contributed by atoms with E-state index in [1.807, 2.05) is 0 Å². The highest BCUT2D eigenvalue weighted by Crippen LogP contribution is 2.03. The van der Waals surface area contributed by atoms with Crippen LogP contribution in [0.3, 0.4) is 0 Å². The van der Waals surface area contributed by atoms with Gasteiger partial charge in [0.1, 0.15) is 12.4 Å². The molecule has 14 heavy (non-hydrogen) atoms. The minimum Gasteiger partial charge on any atom is -0.465 e. The van der Waals surface area contributed by atoms with Crippen LogP contribution in [0.4, 0.5) is 5.82 Å². The predicted octanol–water partition coefficient (Wildman–Crippen LogP) is 0.325. The highest BCUT2D eigenvalue weighted by Gasteiger charge is 2.08. The van der Waals surface area contributed by atoms with E-state index >= 15 is 0 Å². The largest absolute Gasteiger partial charge is 0.465 e. The highest BCUT2D eigenvalue weighted by atomic mass is 16.5. The Morgan fingerprint density at radius 3 is 3.00 bits per heavy atom. The van der Waals surface area contributed by atoms with E-state index in [9.17, 15) is 4.79 Å². The number of pyridine rings is 1. The molecular formula is C9H13N3O2. The Kier molecular flexibility index (Phi) is 3.87. The predicted molar refractivity (Wildman–Crippen MR) is 52.4 cm³/mol. The van der Waals surface area contributed by atoms with Crippen molar-refractivity contribution >= 4 is 11.8 Å². The second-order valence-corrected chi connectivity index (χ2v) is 2.62. The normalized spacial score (nSPS) is 9.57. The van der Waals surface area contributed by atoms with Gasteiger partial charge in [-0.25, -0.2) is 10.8 Å². The maximum atomic E-state index is 11.1. The van der Waals surface area contributed by atoms with Crippen LogP contribution in [0.25, 0.3) is 0 Å². The Morgan fingerprint density at radius 2 is 2.43 bits per heavy atom. The number of hydrogen-bond acceptors (Lipinski definition) is 5. The zero-order valence-corrected chi connectivity index (χ0v) is 8.01. The molecule has 1 aromatic rings. The maximum absolute atomic E-state index is 11.1. The smallest absolute Gasteiger partial charge is 0.327 e. The number of esters is 1. The number of ether oxygens (including phenoxy) is 1. The van der Waals surface area contributed by atoms with Crippen molar-refractivity contribution < 1.29 is 9.53 Å². The van der Waals surface area contributed by atoms with Crippen LogP contribution in [-0.4, -0.2) is 24.1 Å². The summed E-state index contributed by atoms with van der Waals surface area (Å²) in [6.45, 7) is 2.11. The van der Waals surface area contributed by atoms with E-state index in [0.717, 1.165) is 0 Å². The average Bonchev–Trinajstić information content (AvgIpc) is 2.19. The molecule has 5 nitrogen and oxygen atoms in total. The van der Waals surface area contributed by atoms with Gasteiger partial charge in [-0.15, -0.1) is 0 Å². The molecule has 2 N–H and O–H groups in total. The first kappa shape index (κ1) is 10.5. The summed E-state index contributed by atoms with van der Waals surface area (Å²) < 4.78 is 4.75. The topological polar surface area (TPSA) is 68.5 Å². The molecule has 0 saturated heterocycles. The lowest BCUT2D eigenvalue weighted by molar-refractivity contribution is -0.141. The molecule has 0 fully saturated rings. The molecule has 0 radical (unpaired) electrons. The third-order valence-corrected chi connectivity index (χ3v) is 1.55. The molecule has 0 aromatic carbocycles. The van der Waals surface area contributed by atoms with Crippen LogP contribution >= 0.6 is 0 Å². The Balaban J connectivity index is 2.50. The maximum Gasteiger partial charge on any atom is 0.327 e. The second-order valence-electron chi connectivity index (χ2n) is 2.62. The third-order valence-electron chi connectivity index (χ3n) is 1.55. The van der Waals surface area contributed by atoms with Gasteiger partial charge in [-0.3, -0.25) is 9.80 Å². The SMILES string of the molecule is CCOC(=O)CN(N)c1ccccn1. The van der Waals surface area contributed by atoms with Crippen molar-refractivity contribution in [2.75, 3.05) is 18.2 Å². The first-order valence-corrected chi connectivity index (χ1v) is 4.33. The van der Waals surface area contributed by atoms with E-state index in [4.69, 9.17) is 10.6 Å². The van der Waals surface area contributed by atoms with Crippen LogP contribution in [-0.2, 0) is 9.53 Å². The monoisotopic (exact) mass is 195 g/mol. The van der Waals surface area contributed by atoms with Gasteiger partial charge < -0.3 is 4.74 Å². The molecule has 0 atom stereocenters. The summed E-state index contributed by atoms with van der Waals surface area (Å²) in [4.78, 5) is 15.0. The molecule has 0 aliphatic carbocycles. The van der Waals surface area contributed by atoms with Crippen molar-refractivity contribution in [2.24, 2.45) is 5.84 Å². The number of aromatic nitrogens is 1. The molecule has 0 aliphatic rings. The lowest BCUT2D eigenvalue weighted by Crippen LogP contribution is -2.37. The molecule has 0 saturated carbocycles. The molecule has 0 unspecified atom stereocenters. The Morgan fingerprint density at radius 1 is 1.64 bits per heavy atom. The quantitative estimate of drug-likeness (QED) is 0.426. The minimum absolute atomic E-state index is 0.00481. The second kappa shape index (κ2) is 5.18. The van der Waals surface area contributed by atoms with Crippen LogP contribution < -0.4 is 10.9 Å². The van der Waals surface area contributed by atoms with Gasteiger partial charge in [-0.05, 0) is 19.1 Å². The Hall–Kier alpha value is -1.62. The summed E-state index contributed by atoms with van der Waals surface area (Å²) in [6.07, 6.45) is 1.61. The Labute approximate surface area is 82.5 Å². The molecule has 0 bridgehead atoms. The number of hydrazine groups is 1. The van der Waals surface area contributed by atoms with Gasteiger partial charge in [-0.2, -0.15) is 0 Å². The summed E-state index contributed by atoms with van der Waals surface area (Å²) in [5.41, 5.74) is 0. The van der Waals surface area contributed by atoms with Gasteiger partial charge in [0.05, 0.1) is 6.61 Å². The highest BCUT2D eigenvalue weighted by molar-refractivity contribution is 5.74. The molecule has 1 rings (SSSR count). The van der Waals surface area contributed by atoms with Crippen LogP contribution in [0, 0.1) is 0 Å². The summed E-state index contributed by atoms with van der Waals surface area (Å²) >= 11 is 0. The molecular weight excluding hydrogens is 182 g/mol. The zero-order valence-electron chi connectivity index (χ0n) is 8.01. The fraction of sp³-hybridized carbons (Fsp3) is 0.333. The fourth-order valence-electron chi connectivity index (χ4n) is 0.950. The summed E-state index contributed by atoms with van der Waals surface area (Å²) in [5, 5.41) is 1.25. The number of nitrogens with zero attached hydrogens (tertiary/aromatic N) is 2. The molecule has 0 amide bonds. The third kappa shape index (κ3) is 3.02. The first-order valence-electron chi connectivity index (χ1n) is 4.33. The van der Waals surface area contributed by atoms with Gasteiger partial charge in [0.15, 0.2) is 0 Å². The molecule has 1 heterocycles. The average molecular weight is 195 g/mol. The summed E-state index contributed by atoms with van der Waals surface area (Å²) in [7, 11) is 0. The van der Waals surface area contributed by atoms with Crippen molar-refractivity contribution in [2.45, 2.75) is 6.92 Å². The van der Waals surface area contributed by atoms with Crippen LogP contribution in [0.1, 0.15) is 6.92 Å². The molecule has 0 spiro atoms. The lowest BCUT2D eigenvalue weighted by Gasteiger charge is -2.15. The lowest BCUT2D eigenvalue weighted by atomic mass is 10.4. The van der Waals surface area contributed by atoms with Crippen molar-refractivity contribution in [1.29, 1.82) is 0 Å². The van der Waals surface area contributed by atoms with Crippen molar-refractivity contribution in [3.8, 4) is 0 Å². The van der Waals surface area contributed by atoms with E-state index in [1.165, 1.54) is 5.01 Å². The van der Waals surface area contributed by atoms with E-state index in [1.54, 1.807) is 31.3 Å². The summed E-state index contributed by atoms with van der Waals surface area (Å²) in [5.74, 6) is 5.78. The van der Waals surface area contributed by atoms with Crippen LogP contribution in [0.2, 0.25) is 0 Å². The van der Waals surface area contributed by atoms with Gasteiger partial charge >= 0.3 is 5.97 Å². The number of carbonyl (C=O) groups excluding carboxylic acids is 1. The molecule has 5 heteroatoms. The van der Waals surface area contributed by atoms with Gasteiger partial charge in [0.25, 0.3) is 0 Å². The van der Waals surface area contributed by atoms with Crippen LogP contribution in [0.15, 0.2) is 24.4 Å². The van der Waals surface area contributed by atoms with Gasteiger partial charge in [-0.1, -0.05) is 6.07 Å². The number of rotatable bonds is 4. The van der Waals surface area contributed by atoms with E-state index in [-0.39, 0.29) is 12.5 Å². The summed E-state index contributed by atoms with van der Waals surface area (Å²) in [6, 6.07) is 5.30. The number of nitrogens with two attached hydrogens (primary N) is 1. The van der Waals surface area contributed by atoms with Crippen LogP contribution in [0.5, 0.6) is 0 Å². The first-order chi connectivity index (χ1) is 6.74. The Bertz CT molecular complexity index is 289. The van der Waals surface area contributed by atoms with Crippen molar-refractivity contribution in [1.82, 2.24) is 4.98 Å². The van der Waals surface area contributed by atoms with E-state index in [0.29, 0.717) is 12.4 Å². The molecule has 0 aliphatic heterocycles. The standard InChI is InChI=1S/C9H13N3O2/c1-2-14-9(13)7-12(10)8-5-3-4-6-11-8/h3-6H,2,7,10H2,1H3. The molecule has 1 aromatic heterocycles. The number of anilines is 1. The van der Waals surface area contributed by atoms with Gasteiger partial charge in [0.2, 0.25) is 0 Å². The number of hydrogen-bond donors (Lipinski definition) is 1. The van der Waals surface area contributed by atoms with E-state index in [2.05, 4.69) is 4.98 Å².